The molecular weight excluding hydrogens is 211 g/mol. The first-order valence-electron chi connectivity index (χ1n) is 3.65. The van der Waals surface area contributed by atoms with E-state index in [0.717, 1.165) is 11.1 Å². The molecule has 4 heteroatoms. The summed E-state index contributed by atoms with van der Waals surface area (Å²) >= 11 is 11.7. The molecule has 0 radical (unpaired) electrons. The maximum absolute atomic E-state index is 9.96. The Morgan fingerprint density at radius 3 is 2.77 bits per heavy atom. The van der Waals surface area contributed by atoms with Gasteiger partial charge in [0.05, 0.1) is 10.0 Å². The van der Waals surface area contributed by atoms with Crippen LogP contribution in [0.5, 0.6) is 0 Å². The largest absolute Gasteiger partial charge is 0.463 e. The summed E-state index contributed by atoms with van der Waals surface area (Å²) in [6, 6.07) is 3.47. The standard InChI is InChI=1S/C9H8Cl2O2/c1-6-7(4-13-5-12)2-3-8(10)9(6)11/h2-3,5H,4H2,1H3. The molecule has 1 aromatic rings. The van der Waals surface area contributed by atoms with Gasteiger partial charge in [-0.3, -0.25) is 4.79 Å². The molecule has 0 spiro atoms. The first-order valence-corrected chi connectivity index (χ1v) is 4.41. The van der Waals surface area contributed by atoms with E-state index in [9.17, 15) is 4.79 Å². The molecule has 1 rings (SSSR count). The van der Waals surface area contributed by atoms with E-state index in [1.54, 1.807) is 12.1 Å². The van der Waals surface area contributed by atoms with Crippen LogP contribution in [0, 0.1) is 6.92 Å². The van der Waals surface area contributed by atoms with Crippen molar-refractivity contribution in [3.8, 4) is 0 Å². The number of hydrogen-bond acceptors (Lipinski definition) is 2. The van der Waals surface area contributed by atoms with Crippen molar-refractivity contribution in [1.29, 1.82) is 0 Å². The Bertz CT molecular complexity index is 324. The van der Waals surface area contributed by atoms with E-state index >= 15 is 0 Å². The van der Waals surface area contributed by atoms with Crippen molar-refractivity contribution in [3.63, 3.8) is 0 Å². The third-order valence-corrected chi connectivity index (χ3v) is 2.66. The molecule has 70 valence electrons. The Balaban J connectivity index is 2.96. The molecule has 0 aromatic heterocycles. The van der Waals surface area contributed by atoms with Crippen molar-refractivity contribution in [2.45, 2.75) is 13.5 Å². The van der Waals surface area contributed by atoms with Gasteiger partial charge < -0.3 is 4.74 Å². The van der Waals surface area contributed by atoms with Crippen LogP contribution in [0.4, 0.5) is 0 Å². The van der Waals surface area contributed by atoms with Crippen LogP contribution in [0.3, 0.4) is 0 Å². The Morgan fingerprint density at radius 1 is 1.46 bits per heavy atom. The molecule has 2 nitrogen and oxygen atoms in total. The van der Waals surface area contributed by atoms with E-state index < -0.39 is 0 Å². The summed E-state index contributed by atoms with van der Waals surface area (Å²) in [6.45, 7) is 2.46. The zero-order valence-electron chi connectivity index (χ0n) is 7.01. The SMILES string of the molecule is Cc1c(COC=O)ccc(Cl)c1Cl. The summed E-state index contributed by atoms with van der Waals surface area (Å²) in [7, 11) is 0. The molecule has 0 amide bonds. The predicted octanol–water partition coefficient (Wildman–Crippen LogP) is 2.97. The van der Waals surface area contributed by atoms with Crippen molar-refractivity contribution >= 4 is 29.7 Å². The van der Waals surface area contributed by atoms with Gasteiger partial charge in [-0.2, -0.15) is 0 Å². The van der Waals surface area contributed by atoms with E-state index in [0.29, 0.717) is 16.5 Å². The molecule has 0 atom stereocenters. The number of rotatable bonds is 3. The van der Waals surface area contributed by atoms with Gasteiger partial charge in [0.15, 0.2) is 0 Å². The van der Waals surface area contributed by atoms with Crippen LogP contribution >= 0.6 is 23.2 Å². The third kappa shape index (κ3) is 2.36. The second-order valence-electron chi connectivity index (χ2n) is 2.55. The smallest absolute Gasteiger partial charge is 0.293 e. The average molecular weight is 219 g/mol. The van der Waals surface area contributed by atoms with E-state index in [1.807, 2.05) is 6.92 Å². The number of ether oxygens (including phenoxy) is 1. The van der Waals surface area contributed by atoms with Gasteiger partial charge >= 0.3 is 0 Å². The molecule has 0 aliphatic rings. The second-order valence-corrected chi connectivity index (χ2v) is 3.34. The lowest BCUT2D eigenvalue weighted by Gasteiger charge is -2.07. The Morgan fingerprint density at radius 2 is 2.15 bits per heavy atom. The van der Waals surface area contributed by atoms with Crippen molar-refractivity contribution in [2.24, 2.45) is 0 Å². The lowest BCUT2D eigenvalue weighted by Crippen LogP contribution is -1.94. The lowest BCUT2D eigenvalue weighted by molar-refractivity contribution is -0.129. The van der Waals surface area contributed by atoms with Crippen molar-refractivity contribution in [1.82, 2.24) is 0 Å². The van der Waals surface area contributed by atoms with Gasteiger partial charge in [0.25, 0.3) is 6.47 Å². The zero-order valence-corrected chi connectivity index (χ0v) is 8.52. The van der Waals surface area contributed by atoms with Crippen LogP contribution < -0.4 is 0 Å². The minimum Gasteiger partial charge on any atom is -0.463 e. The van der Waals surface area contributed by atoms with E-state index in [4.69, 9.17) is 23.2 Å². The quantitative estimate of drug-likeness (QED) is 0.730. The number of benzene rings is 1. The van der Waals surface area contributed by atoms with E-state index in [-0.39, 0.29) is 6.61 Å². The summed E-state index contributed by atoms with van der Waals surface area (Å²) in [5, 5.41) is 1.02. The number of halogens is 2. The molecule has 0 aliphatic carbocycles. The number of carbonyl (C=O) groups excluding carboxylic acids is 1. The summed E-state index contributed by atoms with van der Waals surface area (Å²) < 4.78 is 4.61. The molecule has 0 heterocycles. The number of carbonyl (C=O) groups is 1. The van der Waals surface area contributed by atoms with Crippen molar-refractivity contribution in [3.05, 3.63) is 33.3 Å². The normalized spacial score (nSPS) is 9.77. The minimum absolute atomic E-state index is 0.228. The molecule has 0 saturated carbocycles. The highest BCUT2D eigenvalue weighted by atomic mass is 35.5. The third-order valence-electron chi connectivity index (χ3n) is 1.76. The van der Waals surface area contributed by atoms with Gasteiger partial charge in [-0.05, 0) is 24.1 Å². The summed E-state index contributed by atoms with van der Waals surface area (Å²) in [5.41, 5.74) is 1.71. The van der Waals surface area contributed by atoms with Crippen LogP contribution in [0.25, 0.3) is 0 Å². The topological polar surface area (TPSA) is 26.3 Å². The summed E-state index contributed by atoms with van der Waals surface area (Å²) in [6.07, 6.45) is 0. The highest BCUT2D eigenvalue weighted by Crippen LogP contribution is 2.27. The van der Waals surface area contributed by atoms with Gasteiger partial charge in [-0.1, -0.05) is 29.3 Å². The van der Waals surface area contributed by atoms with Gasteiger partial charge in [0.1, 0.15) is 6.61 Å². The summed E-state index contributed by atoms with van der Waals surface area (Å²) in [4.78, 5) is 9.96. The fraction of sp³-hybridized carbons (Fsp3) is 0.222. The van der Waals surface area contributed by atoms with Crippen LogP contribution in [0.2, 0.25) is 10.0 Å². The van der Waals surface area contributed by atoms with E-state index in [1.165, 1.54) is 0 Å². The fourth-order valence-electron chi connectivity index (χ4n) is 0.972. The minimum atomic E-state index is 0.228. The van der Waals surface area contributed by atoms with Crippen molar-refractivity contribution in [2.75, 3.05) is 0 Å². The van der Waals surface area contributed by atoms with Crippen molar-refractivity contribution < 1.29 is 9.53 Å². The predicted molar refractivity (Wildman–Crippen MR) is 52.1 cm³/mol. The monoisotopic (exact) mass is 218 g/mol. The van der Waals surface area contributed by atoms with Gasteiger partial charge in [0, 0.05) is 0 Å². The van der Waals surface area contributed by atoms with Crippen LogP contribution in [-0.2, 0) is 16.1 Å². The Labute approximate surface area is 86.4 Å². The summed E-state index contributed by atoms with van der Waals surface area (Å²) in [5.74, 6) is 0. The highest BCUT2D eigenvalue weighted by molar-refractivity contribution is 6.42. The molecule has 0 saturated heterocycles. The first-order chi connectivity index (χ1) is 6.16. The molecule has 0 N–H and O–H groups in total. The van der Waals surface area contributed by atoms with E-state index in [2.05, 4.69) is 4.74 Å². The number of hydrogen-bond donors (Lipinski definition) is 0. The molecule has 13 heavy (non-hydrogen) atoms. The maximum atomic E-state index is 9.96. The van der Waals surface area contributed by atoms with Gasteiger partial charge in [-0.25, -0.2) is 0 Å². The first kappa shape index (κ1) is 10.4. The molecule has 0 aliphatic heterocycles. The van der Waals surface area contributed by atoms with Gasteiger partial charge in [0.2, 0.25) is 0 Å². The second kappa shape index (κ2) is 4.49. The maximum Gasteiger partial charge on any atom is 0.293 e. The Kier molecular flexibility index (Phi) is 3.58. The molecule has 1 aromatic carbocycles. The fourth-order valence-corrected chi connectivity index (χ4v) is 1.36. The lowest BCUT2D eigenvalue weighted by atomic mass is 10.1. The molecular formula is C9H8Cl2O2. The van der Waals surface area contributed by atoms with Crippen LogP contribution in [-0.4, -0.2) is 6.47 Å². The molecule has 0 unspecified atom stereocenters. The average Bonchev–Trinajstić information content (AvgIpc) is 2.13. The van der Waals surface area contributed by atoms with Gasteiger partial charge in [-0.15, -0.1) is 0 Å². The highest BCUT2D eigenvalue weighted by Gasteiger charge is 2.06. The van der Waals surface area contributed by atoms with Crippen LogP contribution in [0.1, 0.15) is 11.1 Å². The Hall–Kier alpha value is -0.730. The van der Waals surface area contributed by atoms with Crippen LogP contribution in [0.15, 0.2) is 12.1 Å². The molecule has 0 bridgehead atoms. The molecule has 0 fully saturated rings. The zero-order chi connectivity index (χ0) is 9.84.